The highest BCUT2D eigenvalue weighted by molar-refractivity contribution is 5.79. The lowest BCUT2D eigenvalue weighted by atomic mass is 9.96. The van der Waals surface area contributed by atoms with Gasteiger partial charge in [-0.25, -0.2) is 4.98 Å². The van der Waals surface area contributed by atoms with Crippen molar-refractivity contribution in [1.82, 2.24) is 14.5 Å². The average Bonchev–Trinajstić information content (AvgIpc) is 3.40. The Morgan fingerprint density at radius 1 is 1.24 bits per heavy atom. The Balaban J connectivity index is 1.45. The standard InChI is InChI=1S/C17H25N3O/c1-12-18-8-16-7-6-15(11-20(12)16)17(21)19(9-13-2-3-13)10-14-4-5-14/h8,13-15H,2-7,9-11H2,1H3/t15-/m0/s1. The van der Waals surface area contributed by atoms with Crippen LogP contribution in [0.5, 0.6) is 0 Å². The van der Waals surface area contributed by atoms with Gasteiger partial charge in [-0.3, -0.25) is 4.79 Å². The van der Waals surface area contributed by atoms with E-state index in [1.807, 2.05) is 13.1 Å². The van der Waals surface area contributed by atoms with E-state index < -0.39 is 0 Å². The largest absolute Gasteiger partial charge is 0.342 e. The van der Waals surface area contributed by atoms with Crippen molar-refractivity contribution < 1.29 is 4.79 Å². The molecule has 1 aromatic heterocycles. The quantitative estimate of drug-likeness (QED) is 0.834. The van der Waals surface area contributed by atoms with E-state index in [1.54, 1.807) is 0 Å². The monoisotopic (exact) mass is 287 g/mol. The molecule has 1 amide bonds. The van der Waals surface area contributed by atoms with Crippen LogP contribution in [0.3, 0.4) is 0 Å². The molecule has 3 aliphatic rings. The molecule has 114 valence electrons. The Hall–Kier alpha value is -1.32. The Bertz CT molecular complexity index is 528. The maximum absolute atomic E-state index is 13.0. The third-order valence-electron chi connectivity index (χ3n) is 5.30. The van der Waals surface area contributed by atoms with E-state index in [4.69, 9.17) is 0 Å². The van der Waals surface area contributed by atoms with Crippen LogP contribution < -0.4 is 0 Å². The highest BCUT2D eigenvalue weighted by Crippen LogP contribution is 2.35. The molecule has 1 atom stereocenters. The molecule has 0 spiro atoms. The zero-order valence-electron chi connectivity index (χ0n) is 12.9. The molecule has 0 unspecified atom stereocenters. The number of amides is 1. The molecular formula is C17H25N3O. The molecule has 0 radical (unpaired) electrons. The Kier molecular flexibility index (Phi) is 3.27. The maximum Gasteiger partial charge on any atom is 0.227 e. The number of hydrogen-bond acceptors (Lipinski definition) is 2. The van der Waals surface area contributed by atoms with Gasteiger partial charge in [-0.2, -0.15) is 0 Å². The first-order chi connectivity index (χ1) is 10.2. The molecule has 1 aromatic rings. The number of aromatic nitrogens is 2. The van der Waals surface area contributed by atoms with Crippen molar-refractivity contribution in [2.24, 2.45) is 17.8 Å². The van der Waals surface area contributed by atoms with Crippen molar-refractivity contribution in [1.29, 1.82) is 0 Å². The molecule has 4 nitrogen and oxygen atoms in total. The van der Waals surface area contributed by atoms with Crippen LogP contribution in [0.15, 0.2) is 6.20 Å². The Morgan fingerprint density at radius 3 is 2.52 bits per heavy atom. The van der Waals surface area contributed by atoms with E-state index >= 15 is 0 Å². The summed E-state index contributed by atoms with van der Waals surface area (Å²) < 4.78 is 2.25. The van der Waals surface area contributed by atoms with Gasteiger partial charge in [-0.05, 0) is 57.3 Å². The van der Waals surface area contributed by atoms with E-state index in [0.717, 1.165) is 50.1 Å². The van der Waals surface area contributed by atoms with Crippen LogP contribution in [0.4, 0.5) is 0 Å². The van der Waals surface area contributed by atoms with Gasteiger partial charge in [0.05, 0.1) is 5.92 Å². The molecule has 0 aromatic carbocycles. The van der Waals surface area contributed by atoms with E-state index in [1.165, 1.54) is 31.4 Å². The summed E-state index contributed by atoms with van der Waals surface area (Å²) in [5, 5.41) is 0. The van der Waals surface area contributed by atoms with Crippen LogP contribution >= 0.6 is 0 Å². The fourth-order valence-corrected chi connectivity index (χ4v) is 3.54. The first kappa shape index (κ1) is 13.4. The van der Waals surface area contributed by atoms with Gasteiger partial charge in [0.25, 0.3) is 0 Å². The Labute approximate surface area is 126 Å². The van der Waals surface area contributed by atoms with E-state index in [9.17, 15) is 4.79 Å². The number of imidazole rings is 1. The predicted molar refractivity (Wildman–Crippen MR) is 80.8 cm³/mol. The second-order valence-corrected chi connectivity index (χ2v) is 7.27. The van der Waals surface area contributed by atoms with Gasteiger partial charge >= 0.3 is 0 Å². The minimum Gasteiger partial charge on any atom is -0.342 e. The van der Waals surface area contributed by atoms with Crippen LogP contribution in [0.2, 0.25) is 0 Å². The van der Waals surface area contributed by atoms with Crippen LogP contribution in [0, 0.1) is 24.7 Å². The van der Waals surface area contributed by atoms with Gasteiger partial charge in [0.15, 0.2) is 0 Å². The van der Waals surface area contributed by atoms with Gasteiger partial charge in [0.2, 0.25) is 5.91 Å². The second-order valence-electron chi connectivity index (χ2n) is 7.27. The van der Waals surface area contributed by atoms with Crippen LogP contribution in [-0.4, -0.2) is 33.4 Å². The summed E-state index contributed by atoms with van der Waals surface area (Å²) in [6.07, 6.45) is 9.26. The number of nitrogens with zero attached hydrogens (tertiary/aromatic N) is 3. The Morgan fingerprint density at radius 2 is 1.90 bits per heavy atom. The third-order valence-corrected chi connectivity index (χ3v) is 5.30. The number of aryl methyl sites for hydroxylation is 2. The van der Waals surface area contributed by atoms with Crippen LogP contribution in [-0.2, 0) is 17.8 Å². The summed E-state index contributed by atoms with van der Waals surface area (Å²) >= 11 is 0. The molecule has 1 aliphatic heterocycles. The molecule has 2 fully saturated rings. The van der Waals surface area contributed by atoms with Crippen molar-refractivity contribution in [2.45, 2.75) is 52.0 Å². The summed E-state index contributed by atoms with van der Waals surface area (Å²) in [6.45, 7) is 4.91. The zero-order chi connectivity index (χ0) is 14.4. The second kappa shape index (κ2) is 5.15. The molecule has 0 N–H and O–H groups in total. The smallest absolute Gasteiger partial charge is 0.227 e. The number of carbonyl (C=O) groups is 1. The molecule has 21 heavy (non-hydrogen) atoms. The molecule has 0 saturated heterocycles. The van der Waals surface area contributed by atoms with Crippen molar-refractivity contribution in [3.63, 3.8) is 0 Å². The molecule has 2 aliphatic carbocycles. The van der Waals surface area contributed by atoms with E-state index in [2.05, 4.69) is 14.5 Å². The average molecular weight is 287 g/mol. The topological polar surface area (TPSA) is 38.1 Å². The molecule has 0 bridgehead atoms. The highest BCUT2D eigenvalue weighted by Gasteiger charge is 2.35. The van der Waals surface area contributed by atoms with Gasteiger partial charge in [0, 0.05) is 31.5 Å². The first-order valence-electron chi connectivity index (χ1n) is 8.50. The zero-order valence-corrected chi connectivity index (χ0v) is 12.9. The molecule has 4 rings (SSSR count). The van der Waals surface area contributed by atoms with Crippen LogP contribution in [0.1, 0.15) is 43.6 Å². The molecule has 2 saturated carbocycles. The fourth-order valence-electron chi connectivity index (χ4n) is 3.54. The number of hydrogen-bond donors (Lipinski definition) is 0. The van der Waals surface area contributed by atoms with Crippen molar-refractivity contribution >= 4 is 5.91 Å². The van der Waals surface area contributed by atoms with Crippen molar-refractivity contribution in [3.05, 3.63) is 17.7 Å². The molecule has 4 heteroatoms. The minimum atomic E-state index is 0.169. The lowest BCUT2D eigenvalue weighted by Crippen LogP contribution is -2.42. The van der Waals surface area contributed by atoms with E-state index in [-0.39, 0.29) is 5.92 Å². The lowest BCUT2D eigenvalue weighted by molar-refractivity contribution is -0.137. The van der Waals surface area contributed by atoms with Crippen molar-refractivity contribution in [3.8, 4) is 0 Å². The van der Waals surface area contributed by atoms with Gasteiger partial charge < -0.3 is 9.47 Å². The number of fused-ring (bicyclic) bond motifs is 1. The SMILES string of the molecule is Cc1ncc2n1C[C@@H](C(=O)N(CC1CC1)CC1CC1)CC2. The lowest BCUT2D eigenvalue weighted by Gasteiger charge is -2.31. The van der Waals surface area contributed by atoms with Gasteiger partial charge in [-0.1, -0.05) is 0 Å². The molecule has 2 heterocycles. The summed E-state index contributed by atoms with van der Waals surface area (Å²) in [6, 6.07) is 0. The summed E-state index contributed by atoms with van der Waals surface area (Å²) in [7, 11) is 0. The summed E-state index contributed by atoms with van der Waals surface area (Å²) in [5.41, 5.74) is 1.30. The minimum absolute atomic E-state index is 0.169. The van der Waals surface area contributed by atoms with Gasteiger partial charge in [0.1, 0.15) is 5.82 Å². The third kappa shape index (κ3) is 2.85. The number of carbonyl (C=O) groups excluding carboxylic acids is 1. The number of rotatable bonds is 5. The van der Waals surface area contributed by atoms with Gasteiger partial charge in [-0.15, -0.1) is 0 Å². The van der Waals surface area contributed by atoms with E-state index in [0.29, 0.717) is 5.91 Å². The molecular weight excluding hydrogens is 262 g/mol. The fraction of sp³-hybridized carbons (Fsp3) is 0.765. The summed E-state index contributed by atoms with van der Waals surface area (Å²) in [5.74, 6) is 3.22. The summed E-state index contributed by atoms with van der Waals surface area (Å²) in [4.78, 5) is 19.6. The first-order valence-corrected chi connectivity index (χ1v) is 8.50. The predicted octanol–water partition coefficient (Wildman–Crippen LogP) is 2.40. The highest BCUT2D eigenvalue weighted by atomic mass is 16.2. The maximum atomic E-state index is 13.0. The van der Waals surface area contributed by atoms with Crippen molar-refractivity contribution in [2.75, 3.05) is 13.1 Å². The van der Waals surface area contributed by atoms with Crippen LogP contribution in [0.25, 0.3) is 0 Å². The normalized spacial score (nSPS) is 24.7.